The van der Waals surface area contributed by atoms with E-state index in [1.54, 1.807) is 21.1 Å². The third kappa shape index (κ3) is 31.3. The molecule has 0 aliphatic rings. The fourth-order valence-electron chi connectivity index (χ4n) is 5.42. The highest BCUT2D eigenvalue weighted by molar-refractivity contribution is 5.70. The monoisotopic (exact) mass is 692 g/mol. The highest BCUT2D eigenvalue weighted by Crippen LogP contribution is 2.12. The maximum absolute atomic E-state index is 12.6. The van der Waals surface area contributed by atoms with Gasteiger partial charge in [0.25, 0.3) is 0 Å². The molecule has 0 saturated carbocycles. The Hall–Kier alpha value is -2.45. The summed E-state index contributed by atoms with van der Waals surface area (Å²) in [5.41, 5.74) is 0. The fraction of sp³-hybridized carbons (Fsp3) is 0.780. The number of ether oxygens (including phenoxy) is 3. The zero-order chi connectivity index (χ0) is 36.4. The number of carboxylic acids is 1. The van der Waals surface area contributed by atoms with E-state index in [9.17, 15) is 19.5 Å². The van der Waals surface area contributed by atoms with Crippen molar-refractivity contribution in [3.63, 3.8) is 0 Å². The lowest BCUT2D eigenvalue weighted by molar-refractivity contribution is -0.889. The minimum absolute atomic E-state index is 0.0218. The van der Waals surface area contributed by atoms with E-state index in [1.165, 1.54) is 70.6 Å². The molecule has 2 unspecified atom stereocenters. The van der Waals surface area contributed by atoms with Gasteiger partial charge in [-0.2, -0.15) is 0 Å². The number of rotatable bonds is 34. The molecule has 0 heterocycles. The second-order valence-electron chi connectivity index (χ2n) is 14.2. The Labute approximate surface area is 300 Å². The largest absolute Gasteiger partial charge is 0.544 e. The number of aliphatic carboxylic acids is 1. The summed E-state index contributed by atoms with van der Waals surface area (Å²) >= 11 is 0. The summed E-state index contributed by atoms with van der Waals surface area (Å²) in [6.45, 7) is 4.54. The van der Waals surface area contributed by atoms with Crippen LogP contribution in [-0.2, 0) is 28.6 Å². The summed E-state index contributed by atoms with van der Waals surface area (Å²) in [7, 11) is 5.37. The van der Waals surface area contributed by atoms with Gasteiger partial charge in [0, 0.05) is 19.3 Å². The van der Waals surface area contributed by atoms with Crippen LogP contribution < -0.4 is 5.11 Å². The predicted octanol–water partition coefficient (Wildman–Crippen LogP) is 8.57. The van der Waals surface area contributed by atoms with Gasteiger partial charge in [-0.15, -0.1) is 0 Å². The summed E-state index contributed by atoms with van der Waals surface area (Å²) < 4.78 is 17.0. The normalized spacial score (nSPS) is 13.4. The number of unbranched alkanes of at least 4 members (excludes halogenated alkanes) is 15. The van der Waals surface area contributed by atoms with Crippen molar-refractivity contribution in [2.24, 2.45) is 0 Å². The molecule has 49 heavy (non-hydrogen) atoms. The number of carbonyl (C=O) groups excluding carboxylic acids is 3. The Bertz CT molecular complexity index is 906. The molecule has 0 spiro atoms. The number of hydrogen-bond donors (Lipinski definition) is 0. The zero-order valence-electron chi connectivity index (χ0n) is 32.1. The van der Waals surface area contributed by atoms with Crippen molar-refractivity contribution in [1.82, 2.24) is 0 Å². The summed E-state index contributed by atoms with van der Waals surface area (Å²) in [6.07, 6.45) is 34.7. The van der Waals surface area contributed by atoms with Gasteiger partial charge in [-0.3, -0.25) is 9.59 Å². The molecular formula is C41H73NO7. The highest BCUT2D eigenvalue weighted by atomic mass is 16.6. The minimum Gasteiger partial charge on any atom is -0.544 e. The van der Waals surface area contributed by atoms with Crippen LogP contribution in [-0.4, -0.2) is 75.5 Å². The minimum atomic E-state index is -1.13. The van der Waals surface area contributed by atoms with Crippen LogP contribution in [0.15, 0.2) is 36.5 Å². The lowest BCUT2D eigenvalue weighted by Crippen LogP contribution is -2.55. The Kier molecular flexibility index (Phi) is 31.1. The van der Waals surface area contributed by atoms with Crippen LogP contribution in [0.5, 0.6) is 0 Å². The lowest BCUT2D eigenvalue weighted by Gasteiger charge is -2.34. The molecule has 8 heteroatoms. The third-order valence-electron chi connectivity index (χ3n) is 8.53. The topological polar surface area (TPSA) is 102 Å². The van der Waals surface area contributed by atoms with Gasteiger partial charge in [0.15, 0.2) is 6.10 Å². The summed E-state index contributed by atoms with van der Waals surface area (Å²) in [4.78, 5) is 36.6. The van der Waals surface area contributed by atoms with Crippen molar-refractivity contribution in [3.8, 4) is 0 Å². The second-order valence-corrected chi connectivity index (χ2v) is 14.2. The Balaban J connectivity index is 4.47. The van der Waals surface area contributed by atoms with Crippen LogP contribution >= 0.6 is 0 Å². The number of likely N-dealkylation sites (N-methyl/N-ethyl adjacent to an activating group) is 1. The van der Waals surface area contributed by atoms with E-state index in [1.807, 2.05) is 0 Å². The molecule has 8 nitrogen and oxygen atoms in total. The zero-order valence-corrected chi connectivity index (χ0v) is 32.1. The number of hydrogen-bond acceptors (Lipinski definition) is 7. The van der Waals surface area contributed by atoms with Gasteiger partial charge in [-0.05, 0) is 57.8 Å². The Morgan fingerprint density at radius 1 is 0.612 bits per heavy atom. The van der Waals surface area contributed by atoms with E-state index in [2.05, 4.69) is 50.3 Å². The van der Waals surface area contributed by atoms with E-state index in [0.717, 1.165) is 44.9 Å². The van der Waals surface area contributed by atoms with Crippen LogP contribution in [0.4, 0.5) is 0 Å². The van der Waals surface area contributed by atoms with Gasteiger partial charge in [-0.1, -0.05) is 115 Å². The van der Waals surface area contributed by atoms with Gasteiger partial charge < -0.3 is 28.6 Å². The van der Waals surface area contributed by atoms with E-state index >= 15 is 0 Å². The van der Waals surface area contributed by atoms with Crippen molar-refractivity contribution < 1.29 is 38.2 Å². The van der Waals surface area contributed by atoms with Gasteiger partial charge in [0.2, 0.25) is 0 Å². The number of carbonyl (C=O) groups is 3. The molecule has 0 fully saturated rings. The summed E-state index contributed by atoms with van der Waals surface area (Å²) in [5.74, 6) is -1.82. The smallest absolute Gasteiger partial charge is 0.306 e. The molecule has 0 aliphatic carbocycles. The first-order chi connectivity index (χ1) is 23.6. The Morgan fingerprint density at radius 2 is 1.10 bits per heavy atom. The average molecular weight is 692 g/mol. The molecule has 0 aromatic rings. The number of esters is 2. The predicted molar refractivity (Wildman–Crippen MR) is 199 cm³/mol. The molecule has 0 saturated heterocycles. The molecule has 2 atom stereocenters. The first-order valence-electron chi connectivity index (χ1n) is 19.5. The first-order valence-corrected chi connectivity index (χ1v) is 19.5. The highest BCUT2D eigenvalue weighted by Gasteiger charge is 2.25. The van der Waals surface area contributed by atoms with Crippen LogP contribution in [0.3, 0.4) is 0 Å². The van der Waals surface area contributed by atoms with Crippen LogP contribution in [0.1, 0.15) is 155 Å². The molecule has 0 aliphatic heterocycles. The quantitative estimate of drug-likeness (QED) is 0.0219. The van der Waals surface area contributed by atoms with Crippen LogP contribution in [0.25, 0.3) is 0 Å². The molecule has 0 N–H and O–H groups in total. The summed E-state index contributed by atoms with van der Waals surface area (Å²) in [5, 5.41) is 11.6. The molecule has 0 aromatic carbocycles. The van der Waals surface area contributed by atoms with Crippen molar-refractivity contribution >= 4 is 17.9 Å². The molecule has 0 radical (unpaired) electrons. The van der Waals surface area contributed by atoms with Crippen molar-refractivity contribution in [2.75, 3.05) is 41.0 Å². The van der Waals surface area contributed by atoms with Gasteiger partial charge in [0.1, 0.15) is 12.6 Å². The number of allylic oxidation sites excluding steroid dienone is 6. The number of nitrogens with zero attached hydrogens (tertiary/aromatic N) is 1. The van der Waals surface area contributed by atoms with Crippen LogP contribution in [0.2, 0.25) is 0 Å². The van der Waals surface area contributed by atoms with E-state index in [4.69, 9.17) is 14.2 Å². The third-order valence-corrected chi connectivity index (χ3v) is 8.53. The molecule has 0 amide bonds. The Morgan fingerprint density at radius 3 is 1.67 bits per heavy atom. The van der Waals surface area contributed by atoms with E-state index in [-0.39, 0.29) is 49.1 Å². The number of carboxylic acid groups (broad SMARTS) is 1. The molecular weight excluding hydrogens is 618 g/mol. The van der Waals surface area contributed by atoms with Gasteiger partial charge in [0.05, 0.1) is 40.3 Å². The standard InChI is InChI=1S/C41H73NO7/c1-6-8-10-12-14-16-17-18-19-20-21-22-24-26-28-30-32-40(44)49-37(35-47-34-33-38(41(45)46)42(3,4)5)36-48-39(43)31-29-27-25-23-15-13-11-9-7-2/h19-23,25,37-38H,6-18,24,26-36H2,1-5H3/b20-19+,22-21+,25-23+. The van der Waals surface area contributed by atoms with Crippen molar-refractivity contribution in [2.45, 2.75) is 167 Å². The number of quaternary nitrogens is 1. The maximum atomic E-state index is 12.6. The van der Waals surface area contributed by atoms with Gasteiger partial charge >= 0.3 is 11.9 Å². The molecule has 284 valence electrons. The lowest BCUT2D eigenvalue weighted by atomic mass is 10.1. The fourth-order valence-corrected chi connectivity index (χ4v) is 5.42. The van der Waals surface area contributed by atoms with E-state index in [0.29, 0.717) is 12.8 Å². The SMILES string of the molecule is CCCCCC/C=C/CCCC(=O)OCC(COCCC(C(=O)[O-])[N+](C)(C)C)OC(=O)CCCCC/C=C/C=C/CCCCCCCCC. The average Bonchev–Trinajstić information content (AvgIpc) is 3.05. The first kappa shape index (κ1) is 46.5. The summed E-state index contributed by atoms with van der Waals surface area (Å²) in [6, 6.07) is -0.731. The van der Waals surface area contributed by atoms with Crippen molar-refractivity contribution in [1.29, 1.82) is 0 Å². The van der Waals surface area contributed by atoms with E-state index < -0.39 is 18.1 Å². The molecule has 0 bridgehead atoms. The molecule has 0 rings (SSSR count). The molecule has 0 aromatic heterocycles. The second kappa shape index (κ2) is 32.7. The van der Waals surface area contributed by atoms with Crippen molar-refractivity contribution in [3.05, 3.63) is 36.5 Å². The van der Waals surface area contributed by atoms with Crippen LogP contribution in [0, 0.1) is 0 Å². The maximum Gasteiger partial charge on any atom is 0.306 e. The van der Waals surface area contributed by atoms with Gasteiger partial charge in [-0.25, -0.2) is 0 Å².